The zero-order valence-electron chi connectivity index (χ0n) is 20.9. The molecular weight excluding hydrogens is 465 g/mol. The Bertz CT molecular complexity index is 1060. The molecule has 0 aliphatic heterocycles. The van der Waals surface area contributed by atoms with Crippen molar-refractivity contribution in [1.82, 2.24) is 15.1 Å². The van der Waals surface area contributed by atoms with Gasteiger partial charge in [-0.15, -0.1) is 0 Å². The van der Waals surface area contributed by atoms with Crippen LogP contribution in [0.25, 0.3) is 11.8 Å². The van der Waals surface area contributed by atoms with Crippen molar-refractivity contribution in [2.75, 3.05) is 6.54 Å². The second-order valence-electron chi connectivity index (χ2n) is 9.82. The van der Waals surface area contributed by atoms with Gasteiger partial charge in [0.05, 0.1) is 30.0 Å². The van der Waals surface area contributed by atoms with E-state index in [4.69, 9.17) is 5.11 Å². The van der Waals surface area contributed by atoms with E-state index in [1.807, 2.05) is 13.8 Å². The number of carbonyl (C=O) groups is 2. The predicted molar refractivity (Wildman–Crippen MR) is 134 cm³/mol. The van der Waals surface area contributed by atoms with Crippen LogP contribution in [0.5, 0.6) is 0 Å². The zero-order valence-corrected chi connectivity index (χ0v) is 20.9. The number of aliphatic carboxylic acids is 1. The minimum Gasteiger partial charge on any atom is -0.481 e. The third kappa shape index (κ3) is 7.48. The molecule has 1 heterocycles. The van der Waals surface area contributed by atoms with Crippen LogP contribution in [-0.2, 0) is 4.79 Å². The van der Waals surface area contributed by atoms with Gasteiger partial charge in [0.25, 0.3) is 5.91 Å². The lowest BCUT2D eigenvalue weighted by Gasteiger charge is -2.21. The summed E-state index contributed by atoms with van der Waals surface area (Å²) < 4.78 is 15.1. The van der Waals surface area contributed by atoms with E-state index in [-0.39, 0.29) is 23.9 Å². The lowest BCUT2D eigenvalue weighted by atomic mass is 9.89. The molecule has 36 heavy (non-hydrogen) atoms. The number of halogens is 1. The van der Waals surface area contributed by atoms with E-state index >= 15 is 0 Å². The first-order valence-electron chi connectivity index (χ1n) is 12.6. The number of carboxylic acid groups (broad SMARTS) is 1. The number of hydrogen-bond donors (Lipinski definition) is 4. The van der Waals surface area contributed by atoms with Crippen LogP contribution in [0.3, 0.4) is 0 Å². The largest absolute Gasteiger partial charge is 0.481 e. The summed E-state index contributed by atoms with van der Waals surface area (Å²) in [5.74, 6) is -1.48. The Morgan fingerprint density at radius 1 is 1.17 bits per heavy atom. The van der Waals surface area contributed by atoms with Gasteiger partial charge in [-0.1, -0.05) is 39.2 Å². The topological polar surface area (TPSA) is 125 Å². The number of nitrogens with zero attached hydrogens (tertiary/aromatic N) is 2. The highest BCUT2D eigenvalue weighted by molar-refractivity contribution is 5.95. The van der Waals surface area contributed by atoms with Gasteiger partial charge in [0, 0.05) is 18.5 Å². The van der Waals surface area contributed by atoms with Gasteiger partial charge in [-0.2, -0.15) is 5.10 Å². The third-order valence-corrected chi connectivity index (χ3v) is 6.50. The molecule has 1 amide bonds. The summed E-state index contributed by atoms with van der Waals surface area (Å²) >= 11 is 0. The highest BCUT2D eigenvalue weighted by Gasteiger charge is 2.26. The van der Waals surface area contributed by atoms with Crippen molar-refractivity contribution in [3.63, 3.8) is 0 Å². The van der Waals surface area contributed by atoms with Crippen molar-refractivity contribution in [2.45, 2.75) is 76.9 Å². The third-order valence-electron chi connectivity index (χ3n) is 6.50. The standard InChI is InChI=1S/C27H36FN3O5/c1-17(2)25-23(13-12-21(32)14-22(33)15-24(34)35)31(20-10-8-19(28)9-11-20)30-26(25)27(36)29-16-18-6-4-3-5-7-18/h8-13,17-18,21-22,32-33H,3-7,14-16H2,1-2H3,(H,29,36)(H,34,35)/t21-,22+/m0/s1. The molecule has 196 valence electrons. The first-order valence-corrected chi connectivity index (χ1v) is 12.6. The highest BCUT2D eigenvalue weighted by atomic mass is 19.1. The van der Waals surface area contributed by atoms with Crippen molar-refractivity contribution in [3.8, 4) is 5.69 Å². The fourth-order valence-corrected chi connectivity index (χ4v) is 4.68. The molecule has 0 spiro atoms. The fourth-order valence-electron chi connectivity index (χ4n) is 4.68. The van der Waals surface area contributed by atoms with Crippen molar-refractivity contribution in [1.29, 1.82) is 0 Å². The van der Waals surface area contributed by atoms with E-state index in [0.717, 1.165) is 12.8 Å². The molecule has 0 radical (unpaired) electrons. The number of nitrogens with one attached hydrogen (secondary N) is 1. The number of aliphatic hydroxyl groups is 2. The summed E-state index contributed by atoms with van der Waals surface area (Å²) in [6.45, 7) is 4.47. The Labute approximate surface area is 210 Å². The van der Waals surface area contributed by atoms with Gasteiger partial charge in [0.1, 0.15) is 5.82 Å². The number of hydrogen-bond acceptors (Lipinski definition) is 5. The summed E-state index contributed by atoms with van der Waals surface area (Å²) in [5, 5.41) is 36.7. The number of aliphatic hydroxyl groups excluding tert-OH is 2. The van der Waals surface area contributed by atoms with Gasteiger partial charge in [-0.05, 0) is 55.0 Å². The summed E-state index contributed by atoms with van der Waals surface area (Å²) in [4.78, 5) is 24.0. The predicted octanol–water partition coefficient (Wildman–Crippen LogP) is 4.04. The number of amides is 1. The normalized spacial score (nSPS) is 16.4. The second-order valence-corrected chi connectivity index (χ2v) is 9.82. The number of aromatic nitrogens is 2. The molecule has 1 aromatic heterocycles. The summed E-state index contributed by atoms with van der Waals surface area (Å²) in [6.07, 6.45) is 5.90. The molecule has 1 aliphatic rings. The molecule has 9 heteroatoms. The van der Waals surface area contributed by atoms with Crippen LogP contribution in [0.1, 0.15) is 86.5 Å². The van der Waals surface area contributed by atoms with Gasteiger partial charge in [-0.25, -0.2) is 9.07 Å². The van der Waals surface area contributed by atoms with Gasteiger partial charge in [0.2, 0.25) is 0 Å². The molecule has 3 rings (SSSR count). The van der Waals surface area contributed by atoms with Crippen LogP contribution in [0.2, 0.25) is 0 Å². The van der Waals surface area contributed by atoms with Crippen molar-refractivity contribution < 1.29 is 29.3 Å². The highest BCUT2D eigenvalue weighted by Crippen LogP contribution is 2.29. The van der Waals surface area contributed by atoms with Crippen molar-refractivity contribution >= 4 is 18.0 Å². The molecular formula is C27H36FN3O5. The molecule has 2 aromatic rings. The Morgan fingerprint density at radius 3 is 2.44 bits per heavy atom. The molecule has 0 bridgehead atoms. The average Bonchev–Trinajstić information content (AvgIpc) is 3.21. The average molecular weight is 502 g/mol. The van der Waals surface area contributed by atoms with Crippen LogP contribution in [0.15, 0.2) is 30.3 Å². The molecule has 0 saturated heterocycles. The lowest BCUT2D eigenvalue weighted by molar-refractivity contribution is -0.139. The van der Waals surface area contributed by atoms with E-state index < -0.39 is 30.4 Å². The van der Waals surface area contributed by atoms with E-state index in [1.54, 1.807) is 22.9 Å². The van der Waals surface area contributed by atoms with Gasteiger partial charge in [-0.3, -0.25) is 9.59 Å². The van der Waals surface area contributed by atoms with Crippen molar-refractivity contribution in [3.05, 3.63) is 53.1 Å². The fraction of sp³-hybridized carbons (Fsp3) is 0.519. The summed E-state index contributed by atoms with van der Waals surface area (Å²) in [6, 6.07) is 5.72. The zero-order chi connectivity index (χ0) is 26.2. The van der Waals surface area contributed by atoms with Gasteiger partial charge < -0.3 is 20.6 Å². The smallest absolute Gasteiger partial charge is 0.305 e. The van der Waals surface area contributed by atoms with Gasteiger partial charge >= 0.3 is 5.97 Å². The van der Waals surface area contributed by atoms with Crippen LogP contribution < -0.4 is 5.32 Å². The van der Waals surface area contributed by atoms with Crippen LogP contribution in [0, 0.1) is 11.7 Å². The molecule has 0 unspecified atom stereocenters. The minimum atomic E-state index is -1.20. The first kappa shape index (κ1) is 27.5. The molecule has 1 aliphatic carbocycles. The number of carboxylic acids is 1. The van der Waals surface area contributed by atoms with E-state index in [0.29, 0.717) is 29.4 Å². The quantitative estimate of drug-likeness (QED) is 0.368. The molecule has 8 nitrogen and oxygen atoms in total. The maximum absolute atomic E-state index is 13.6. The Kier molecular flexibility index (Phi) is 9.78. The molecule has 1 aromatic carbocycles. The Balaban J connectivity index is 1.93. The maximum atomic E-state index is 13.6. The van der Waals surface area contributed by atoms with E-state index in [1.165, 1.54) is 37.5 Å². The summed E-state index contributed by atoms with van der Waals surface area (Å²) in [5.41, 5.74) is 2.04. The van der Waals surface area contributed by atoms with E-state index in [2.05, 4.69) is 10.4 Å². The molecule has 1 fully saturated rings. The number of benzene rings is 1. The molecule has 1 saturated carbocycles. The Morgan fingerprint density at radius 2 is 1.83 bits per heavy atom. The number of carbonyl (C=O) groups excluding carboxylic acids is 1. The minimum absolute atomic E-state index is 0.0935. The van der Waals surface area contributed by atoms with Crippen LogP contribution >= 0.6 is 0 Å². The Hall–Kier alpha value is -3.04. The SMILES string of the molecule is CC(C)c1c(C(=O)NCC2CCCCC2)nn(-c2ccc(F)cc2)c1C=C[C@H](O)C[C@@H](O)CC(=O)O. The van der Waals surface area contributed by atoms with E-state index in [9.17, 15) is 24.2 Å². The summed E-state index contributed by atoms with van der Waals surface area (Å²) in [7, 11) is 0. The maximum Gasteiger partial charge on any atom is 0.305 e. The van der Waals surface area contributed by atoms with Crippen molar-refractivity contribution in [2.24, 2.45) is 5.92 Å². The monoisotopic (exact) mass is 501 g/mol. The first-order chi connectivity index (χ1) is 17.2. The molecule has 2 atom stereocenters. The van der Waals surface area contributed by atoms with Crippen LogP contribution in [0.4, 0.5) is 4.39 Å². The van der Waals surface area contributed by atoms with Gasteiger partial charge in [0.15, 0.2) is 5.69 Å². The number of rotatable bonds is 11. The van der Waals surface area contributed by atoms with Crippen LogP contribution in [-0.4, -0.2) is 55.7 Å². The second kappa shape index (κ2) is 12.8. The molecule has 4 N–H and O–H groups in total. The lowest BCUT2D eigenvalue weighted by Crippen LogP contribution is -2.31.